The Kier molecular flexibility index (Phi) is 2.66. The Morgan fingerprint density at radius 1 is 1.26 bits per heavy atom. The molecule has 0 bridgehead atoms. The molecule has 2 N–H and O–H groups in total. The minimum atomic E-state index is 0.0309. The molecule has 0 spiro atoms. The second-order valence-corrected chi connectivity index (χ2v) is 6.49. The number of H-pyrrole nitrogens is 1. The van der Waals surface area contributed by atoms with E-state index < -0.39 is 0 Å². The summed E-state index contributed by atoms with van der Waals surface area (Å²) in [5.41, 5.74) is 5.25. The second kappa shape index (κ2) is 4.12. The van der Waals surface area contributed by atoms with E-state index in [1.807, 2.05) is 0 Å². The molecule has 2 aromatic rings. The third-order valence-corrected chi connectivity index (χ3v) is 3.63. The summed E-state index contributed by atoms with van der Waals surface area (Å²) < 4.78 is 0. The van der Waals surface area contributed by atoms with Crippen LogP contribution >= 0.6 is 0 Å². The number of nitrogens with zero attached hydrogens (tertiary/aromatic N) is 1. The lowest BCUT2D eigenvalue weighted by Gasteiger charge is -2.25. The number of fused-ring (bicyclic) bond motifs is 3. The Morgan fingerprint density at radius 2 is 2.00 bits per heavy atom. The minimum Gasteiger partial charge on any atom is -0.364 e. The van der Waals surface area contributed by atoms with Crippen LogP contribution in [0.5, 0.6) is 0 Å². The van der Waals surface area contributed by atoms with E-state index in [1.54, 1.807) is 0 Å². The van der Waals surface area contributed by atoms with E-state index in [9.17, 15) is 0 Å². The lowest BCUT2D eigenvalue weighted by Crippen LogP contribution is -2.27. The molecular formula is C16H21N3. The van der Waals surface area contributed by atoms with E-state index in [0.717, 1.165) is 12.2 Å². The number of rotatable bonds is 1. The smallest absolute Gasteiger partial charge is 0.152 e. The molecule has 0 saturated heterocycles. The summed E-state index contributed by atoms with van der Waals surface area (Å²) in [6.07, 6.45) is 1.04. The molecule has 0 aliphatic heterocycles. The highest BCUT2D eigenvalue weighted by atomic mass is 15.2. The monoisotopic (exact) mass is 255 g/mol. The predicted octanol–water partition coefficient (Wildman–Crippen LogP) is 3.95. The molecule has 1 heterocycles. The molecule has 0 radical (unpaired) electrons. The maximum atomic E-state index is 4.48. The van der Waals surface area contributed by atoms with Crippen molar-refractivity contribution in [2.45, 2.75) is 45.6 Å². The highest BCUT2D eigenvalue weighted by Crippen LogP contribution is 2.41. The normalized spacial score (nSPS) is 17.8. The lowest BCUT2D eigenvalue weighted by molar-refractivity contribution is 0.627. The van der Waals surface area contributed by atoms with Crippen molar-refractivity contribution in [1.29, 1.82) is 0 Å². The van der Waals surface area contributed by atoms with Crippen molar-refractivity contribution in [2.24, 2.45) is 0 Å². The zero-order valence-corrected chi connectivity index (χ0v) is 12.0. The zero-order chi connectivity index (χ0) is 13.6. The van der Waals surface area contributed by atoms with E-state index >= 15 is 0 Å². The third-order valence-electron chi connectivity index (χ3n) is 3.63. The van der Waals surface area contributed by atoms with E-state index in [-0.39, 0.29) is 5.54 Å². The van der Waals surface area contributed by atoms with Gasteiger partial charge in [-0.2, -0.15) is 5.10 Å². The van der Waals surface area contributed by atoms with Gasteiger partial charge in [0.05, 0.1) is 5.69 Å². The van der Waals surface area contributed by atoms with Crippen molar-refractivity contribution >= 4 is 5.82 Å². The minimum absolute atomic E-state index is 0.0309. The van der Waals surface area contributed by atoms with Gasteiger partial charge in [0.1, 0.15) is 0 Å². The Balaban J connectivity index is 2.09. The van der Waals surface area contributed by atoms with Crippen LogP contribution in [-0.2, 0) is 6.42 Å². The summed E-state index contributed by atoms with van der Waals surface area (Å²) >= 11 is 0. The van der Waals surface area contributed by atoms with Crippen LogP contribution in [0.3, 0.4) is 0 Å². The van der Waals surface area contributed by atoms with E-state index in [4.69, 9.17) is 0 Å². The van der Waals surface area contributed by atoms with Gasteiger partial charge in [0.25, 0.3) is 0 Å². The van der Waals surface area contributed by atoms with Gasteiger partial charge < -0.3 is 5.32 Å². The maximum absolute atomic E-state index is 4.48. The zero-order valence-electron chi connectivity index (χ0n) is 12.0. The quantitative estimate of drug-likeness (QED) is 0.810. The van der Waals surface area contributed by atoms with Crippen LogP contribution in [0.15, 0.2) is 24.3 Å². The van der Waals surface area contributed by atoms with Crippen LogP contribution in [0.4, 0.5) is 5.82 Å². The summed E-state index contributed by atoms with van der Waals surface area (Å²) in [7, 11) is 0. The predicted molar refractivity (Wildman–Crippen MR) is 79.5 cm³/mol. The molecule has 1 aromatic carbocycles. The van der Waals surface area contributed by atoms with Crippen LogP contribution in [0.25, 0.3) is 11.3 Å². The molecule has 0 fully saturated rings. The SMILES string of the molecule is CC1Cc2c(NC(C)(C)C)n[nH]c2-c2ccccc21. The molecule has 0 saturated carbocycles. The number of hydrogen-bond acceptors (Lipinski definition) is 2. The number of aromatic amines is 1. The van der Waals surface area contributed by atoms with Crippen molar-refractivity contribution in [2.75, 3.05) is 5.32 Å². The molecule has 1 aliphatic rings. The molecule has 1 unspecified atom stereocenters. The topological polar surface area (TPSA) is 40.7 Å². The van der Waals surface area contributed by atoms with Gasteiger partial charge in [-0.1, -0.05) is 31.2 Å². The number of nitrogens with one attached hydrogen (secondary N) is 2. The Labute approximate surface area is 114 Å². The molecule has 1 atom stereocenters. The van der Waals surface area contributed by atoms with Gasteiger partial charge in [0.15, 0.2) is 5.82 Å². The number of anilines is 1. The molecule has 3 rings (SSSR count). The fourth-order valence-corrected chi connectivity index (χ4v) is 2.82. The van der Waals surface area contributed by atoms with Gasteiger partial charge in [0, 0.05) is 16.7 Å². The second-order valence-electron chi connectivity index (χ2n) is 6.49. The Bertz CT molecular complexity index is 605. The van der Waals surface area contributed by atoms with Crippen LogP contribution in [0.2, 0.25) is 0 Å². The first-order valence-corrected chi connectivity index (χ1v) is 6.90. The first-order chi connectivity index (χ1) is 8.96. The molecular weight excluding hydrogens is 234 g/mol. The molecule has 19 heavy (non-hydrogen) atoms. The molecule has 1 aromatic heterocycles. The largest absolute Gasteiger partial charge is 0.364 e. The molecule has 100 valence electrons. The van der Waals surface area contributed by atoms with Crippen molar-refractivity contribution in [3.05, 3.63) is 35.4 Å². The fraction of sp³-hybridized carbons (Fsp3) is 0.438. The van der Waals surface area contributed by atoms with Crippen molar-refractivity contribution < 1.29 is 0 Å². The van der Waals surface area contributed by atoms with Gasteiger partial charge >= 0.3 is 0 Å². The standard InChI is InChI=1S/C16H21N3/c1-10-9-13-14(12-8-6-5-7-11(10)12)18-19-15(13)17-16(2,3)4/h5-8,10H,9H2,1-4H3,(H2,17,18,19). The highest BCUT2D eigenvalue weighted by Gasteiger charge is 2.27. The number of aromatic nitrogens is 2. The summed E-state index contributed by atoms with van der Waals surface area (Å²) in [5, 5.41) is 11.2. The van der Waals surface area contributed by atoms with Gasteiger partial charge in [-0.15, -0.1) is 0 Å². The van der Waals surface area contributed by atoms with Crippen molar-refractivity contribution in [3.63, 3.8) is 0 Å². The number of benzene rings is 1. The Hall–Kier alpha value is -1.77. The van der Waals surface area contributed by atoms with Gasteiger partial charge in [0.2, 0.25) is 0 Å². The summed E-state index contributed by atoms with van der Waals surface area (Å²) in [6.45, 7) is 8.77. The van der Waals surface area contributed by atoms with Crippen LogP contribution in [0.1, 0.15) is 44.7 Å². The molecule has 0 amide bonds. The van der Waals surface area contributed by atoms with Crippen molar-refractivity contribution in [3.8, 4) is 11.3 Å². The fourth-order valence-electron chi connectivity index (χ4n) is 2.82. The first kappa shape index (κ1) is 12.3. The molecule has 3 nitrogen and oxygen atoms in total. The lowest BCUT2D eigenvalue weighted by atomic mass is 9.82. The summed E-state index contributed by atoms with van der Waals surface area (Å²) in [5.74, 6) is 1.55. The summed E-state index contributed by atoms with van der Waals surface area (Å²) in [6, 6.07) is 8.62. The third kappa shape index (κ3) is 2.14. The van der Waals surface area contributed by atoms with Crippen LogP contribution in [0, 0.1) is 0 Å². The van der Waals surface area contributed by atoms with Gasteiger partial charge in [-0.3, -0.25) is 5.10 Å². The highest BCUT2D eigenvalue weighted by molar-refractivity contribution is 5.75. The van der Waals surface area contributed by atoms with Gasteiger partial charge in [-0.05, 0) is 38.7 Å². The van der Waals surface area contributed by atoms with Gasteiger partial charge in [-0.25, -0.2) is 0 Å². The average Bonchev–Trinajstić information content (AvgIpc) is 2.71. The van der Waals surface area contributed by atoms with Crippen LogP contribution < -0.4 is 5.32 Å². The van der Waals surface area contributed by atoms with E-state index in [1.165, 1.54) is 22.4 Å². The first-order valence-electron chi connectivity index (χ1n) is 6.90. The average molecular weight is 255 g/mol. The van der Waals surface area contributed by atoms with E-state index in [0.29, 0.717) is 5.92 Å². The Morgan fingerprint density at radius 3 is 2.74 bits per heavy atom. The number of hydrogen-bond donors (Lipinski definition) is 2. The molecule has 3 heteroatoms. The van der Waals surface area contributed by atoms with Crippen LogP contribution in [-0.4, -0.2) is 15.7 Å². The summed E-state index contributed by atoms with van der Waals surface area (Å²) in [4.78, 5) is 0. The van der Waals surface area contributed by atoms with E-state index in [2.05, 4.69) is 67.5 Å². The molecule has 1 aliphatic carbocycles. The maximum Gasteiger partial charge on any atom is 0.152 e. The van der Waals surface area contributed by atoms with Crippen molar-refractivity contribution in [1.82, 2.24) is 10.2 Å².